The molecule has 1 aliphatic rings. The zero-order chi connectivity index (χ0) is 13.8. The van der Waals surface area contributed by atoms with Crippen LogP contribution in [-0.2, 0) is 0 Å². The van der Waals surface area contributed by atoms with Gasteiger partial charge in [0.25, 0.3) is 0 Å². The van der Waals surface area contributed by atoms with Crippen molar-refractivity contribution < 1.29 is 0 Å². The molecule has 106 valence electrons. The van der Waals surface area contributed by atoms with Crippen molar-refractivity contribution in [3.63, 3.8) is 0 Å². The molecule has 1 fully saturated rings. The molecule has 0 radical (unpaired) electrons. The molecule has 0 amide bonds. The Bertz CT molecular complexity index is 419. The van der Waals surface area contributed by atoms with Crippen LogP contribution in [0.1, 0.15) is 26.7 Å². The molecule has 0 saturated carbocycles. The first-order chi connectivity index (χ1) is 9.06. The zero-order valence-electron chi connectivity index (χ0n) is 11.5. The first kappa shape index (κ1) is 15.1. The fourth-order valence-corrected chi connectivity index (χ4v) is 3.40. The van der Waals surface area contributed by atoms with E-state index in [1.54, 1.807) is 6.20 Å². The van der Waals surface area contributed by atoms with Crippen molar-refractivity contribution >= 4 is 33.3 Å². The molecule has 0 spiro atoms. The predicted octanol–water partition coefficient (Wildman–Crippen LogP) is 3.71. The summed E-state index contributed by atoms with van der Waals surface area (Å²) in [5.74, 6) is 1.59. The van der Waals surface area contributed by atoms with Crippen LogP contribution in [-0.4, -0.2) is 30.7 Å². The summed E-state index contributed by atoms with van der Waals surface area (Å²) in [6, 6.07) is 2.49. The Morgan fingerprint density at radius 2 is 2.37 bits per heavy atom. The van der Waals surface area contributed by atoms with E-state index in [0.29, 0.717) is 17.0 Å². The molecule has 1 unspecified atom stereocenters. The lowest BCUT2D eigenvalue weighted by molar-refractivity contribution is 0.537. The van der Waals surface area contributed by atoms with Gasteiger partial charge in [-0.15, -0.1) is 0 Å². The monoisotopic (exact) mass is 345 g/mol. The molecule has 1 aromatic rings. The van der Waals surface area contributed by atoms with Gasteiger partial charge in [0.15, 0.2) is 0 Å². The van der Waals surface area contributed by atoms with Crippen molar-refractivity contribution in [2.75, 3.05) is 24.5 Å². The average Bonchev–Trinajstić information content (AvgIpc) is 2.80. The van der Waals surface area contributed by atoms with E-state index in [9.17, 15) is 0 Å². The number of hydrogen-bond donors (Lipinski definition) is 1. The first-order valence-electron chi connectivity index (χ1n) is 6.85. The average molecular weight is 347 g/mol. The summed E-state index contributed by atoms with van der Waals surface area (Å²) in [4.78, 5) is 6.85. The standard InChI is InChI=1S/C14H21BrClN3/c1-10(2)8-19(9-12-4-3-5-17-12)14-13(15)6-11(16)7-18-14/h6-7,10,12,17H,3-5,8-9H2,1-2H3. The Morgan fingerprint density at radius 3 is 2.95 bits per heavy atom. The van der Waals surface area contributed by atoms with Crippen LogP contribution in [0.25, 0.3) is 0 Å². The number of aromatic nitrogens is 1. The third-order valence-corrected chi connectivity index (χ3v) is 4.07. The summed E-state index contributed by atoms with van der Waals surface area (Å²) >= 11 is 9.55. The van der Waals surface area contributed by atoms with Gasteiger partial charge >= 0.3 is 0 Å². The van der Waals surface area contributed by atoms with Gasteiger partial charge in [0.2, 0.25) is 0 Å². The lowest BCUT2D eigenvalue weighted by atomic mass is 10.1. The smallest absolute Gasteiger partial charge is 0.143 e. The molecule has 1 aromatic heterocycles. The van der Waals surface area contributed by atoms with Crippen molar-refractivity contribution in [3.8, 4) is 0 Å². The molecule has 0 aliphatic carbocycles. The van der Waals surface area contributed by atoms with Crippen molar-refractivity contribution in [2.45, 2.75) is 32.7 Å². The maximum atomic E-state index is 5.97. The summed E-state index contributed by atoms with van der Waals surface area (Å²) in [6.07, 6.45) is 4.24. The van der Waals surface area contributed by atoms with Gasteiger partial charge < -0.3 is 10.2 Å². The Morgan fingerprint density at radius 1 is 1.58 bits per heavy atom. The molecule has 1 N–H and O–H groups in total. The second-order valence-corrected chi connectivity index (χ2v) is 6.84. The van der Waals surface area contributed by atoms with Crippen LogP contribution in [0, 0.1) is 5.92 Å². The number of hydrogen-bond acceptors (Lipinski definition) is 3. The van der Waals surface area contributed by atoms with Crippen LogP contribution in [0.5, 0.6) is 0 Å². The number of rotatable bonds is 5. The van der Waals surface area contributed by atoms with Gasteiger partial charge in [0.05, 0.1) is 9.50 Å². The second-order valence-electron chi connectivity index (χ2n) is 5.55. The van der Waals surface area contributed by atoms with Crippen molar-refractivity contribution in [1.29, 1.82) is 0 Å². The first-order valence-corrected chi connectivity index (χ1v) is 8.02. The molecule has 1 atom stereocenters. The molecular formula is C14H21BrClN3. The molecule has 5 heteroatoms. The van der Waals surface area contributed by atoms with E-state index in [0.717, 1.165) is 29.9 Å². The van der Waals surface area contributed by atoms with Crippen molar-refractivity contribution in [1.82, 2.24) is 10.3 Å². The fraction of sp³-hybridized carbons (Fsp3) is 0.643. The Labute approximate surface area is 128 Å². The number of halogens is 2. The quantitative estimate of drug-likeness (QED) is 0.881. The van der Waals surface area contributed by atoms with Crippen molar-refractivity contribution in [2.24, 2.45) is 5.92 Å². The minimum absolute atomic E-state index is 0.572. The maximum absolute atomic E-state index is 5.97. The van der Waals surface area contributed by atoms with Gasteiger partial charge in [-0.25, -0.2) is 4.98 Å². The van der Waals surface area contributed by atoms with E-state index >= 15 is 0 Å². The Hall–Kier alpha value is -0.320. The third-order valence-electron chi connectivity index (χ3n) is 3.28. The summed E-state index contributed by atoms with van der Waals surface area (Å²) in [5.41, 5.74) is 0. The lowest BCUT2D eigenvalue weighted by Gasteiger charge is -2.29. The number of nitrogens with one attached hydrogen (secondary N) is 1. The molecule has 2 rings (SSSR count). The van der Waals surface area contributed by atoms with Gasteiger partial charge in [-0.3, -0.25) is 0 Å². The van der Waals surface area contributed by atoms with Gasteiger partial charge in [0, 0.05) is 25.3 Å². The molecule has 3 nitrogen and oxygen atoms in total. The molecule has 0 bridgehead atoms. The van der Waals surface area contributed by atoms with E-state index < -0.39 is 0 Å². The van der Waals surface area contributed by atoms with E-state index in [1.165, 1.54) is 12.8 Å². The second kappa shape index (κ2) is 6.91. The Balaban J connectivity index is 2.15. The van der Waals surface area contributed by atoms with Gasteiger partial charge in [-0.1, -0.05) is 25.4 Å². The normalized spacial score (nSPS) is 19.1. The number of nitrogens with zero attached hydrogens (tertiary/aromatic N) is 2. The molecule has 2 heterocycles. The summed E-state index contributed by atoms with van der Waals surface area (Å²) < 4.78 is 0.971. The molecular weight excluding hydrogens is 326 g/mol. The highest BCUT2D eigenvalue weighted by atomic mass is 79.9. The topological polar surface area (TPSA) is 28.2 Å². The number of anilines is 1. The molecule has 0 aromatic carbocycles. The maximum Gasteiger partial charge on any atom is 0.143 e. The fourth-order valence-electron chi connectivity index (χ4n) is 2.51. The van der Waals surface area contributed by atoms with Crippen LogP contribution in [0.4, 0.5) is 5.82 Å². The molecule has 1 aliphatic heterocycles. The van der Waals surface area contributed by atoms with E-state index in [-0.39, 0.29) is 0 Å². The molecule has 1 saturated heterocycles. The Kier molecular flexibility index (Phi) is 5.48. The highest BCUT2D eigenvalue weighted by molar-refractivity contribution is 9.10. The highest BCUT2D eigenvalue weighted by Gasteiger charge is 2.21. The third kappa shape index (κ3) is 4.33. The van der Waals surface area contributed by atoms with Gasteiger partial charge in [-0.2, -0.15) is 0 Å². The van der Waals surface area contributed by atoms with Gasteiger partial charge in [0.1, 0.15) is 5.82 Å². The van der Waals surface area contributed by atoms with Gasteiger partial charge in [-0.05, 0) is 47.3 Å². The molecule has 19 heavy (non-hydrogen) atoms. The van der Waals surface area contributed by atoms with Crippen LogP contribution < -0.4 is 10.2 Å². The van der Waals surface area contributed by atoms with Crippen LogP contribution in [0.2, 0.25) is 5.02 Å². The van der Waals surface area contributed by atoms with Crippen LogP contribution in [0.3, 0.4) is 0 Å². The van der Waals surface area contributed by atoms with E-state index in [2.05, 4.69) is 45.0 Å². The summed E-state index contributed by atoms with van der Waals surface area (Å²) in [5, 5.41) is 4.22. The summed E-state index contributed by atoms with van der Waals surface area (Å²) in [7, 11) is 0. The number of pyridine rings is 1. The predicted molar refractivity (Wildman–Crippen MR) is 85.0 cm³/mol. The highest BCUT2D eigenvalue weighted by Crippen LogP contribution is 2.27. The minimum atomic E-state index is 0.572. The van der Waals surface area contributed by atoms with E-state index in [4.69, 9.17) is 11.6 Å². The minimum Gasteiger partial charge on any atom is -0.354 e. The largest absolute Gasteiger partial charge is 0.354 e. The van der Waals surface area contributed by atoms with Crippen LogP contribution >= 0.6 is 27.5 Å². The van der Waals surface area contributed by atoms with Crippen molar-refractivity contribution in [3.05, 3.63) is 21.8 Å². The lowest BCUT2D eigenvalue weighted by Crippen LogP contribution is -2.40. The zero-order valence-corrected chi connectivity index (χ0v) is 13.8. The SMILES string of the molecule is CC(C)CN(CC1CCCN1)c1ncc(Cl)cc1Br. The summed E-state index contributed by atoms with van der Waals surface area (Å²) in [6.45, 7) is 7.62. The van der Waals surface area contributed by atoms with E-state index in [1.807, 2.05) is 6.07 Å². The van der Waals surface area contributed by atoms with Crippen LogP contribution in [0.15, 0.2) is 16.7 Å².